The van der Waals surface area contributed by atoms with Gasteiger partial charge in [-0.1, -0.05) is 18.2 Å². The molecule has 0 aliphatic carbocycles. The number of aromatic nitrogens is 2. The summed E-state index contributed by atoms with van der Waals surface area (Å²) in [5, 5.41) is 8.35. The maximum atomic E-state index is 13.3. The van der Waals surface area contributed by atoms with Gasteiger partial charge < -0.3 is 26.2 Å². The average molecular weight is 540 g/mol. The normalized spacial score (nSPS) is 14.1. The first kappa shape index (κ1) is 27.6. The molecule has 1 saturated heterocycles. The number of hydrogen-bond donors (Lipinski definition) is 3. The van der Waals surface area contributed by atoms with Gasteiger partial charge in [-0.15, -0.1) is 11.3 Å². The van der Waals surface area contributed by atoms with Crippen LogP contribution in [0.4, 0.5) is 42.0 Å². The minimum absolute atomic E-state index is 0.140. The molecule has 1 fully saturated rings. The lowest BCUT2D eigenvalue weighted by molar-refractivity contribution is -0.127. The number of anilines is 5. The number of rotatable bonds is 6. The van der Waals surface area contributed by atoms with E-state index in [0.29, 0.717) is 16.5 Å². The topological polar surface area (TPSA) is 82.3 Å². The van der Waals surface area contributed by atoms with Crippen molar-refractivity contribution in [3.63, 3.8) is 0 Å². The van der Waals surface area contributed by atoms with Gasteiger partial charge in [0.1, 0.15) is 5.02 Å². The van der Waals surface area contributed by atoms with Crippen molar-refractivity contribution in [2.75, 3.05) is 48.8 Å². The standard InChI is InChI=1S/C22H24ClF3N6S.C2H5N/c1-14-18(5-10-33-14)28-20-17(23)13-27-21(30-20)29-19-4-3-16(11-15(19)12-22(24,25)26)32-8-6-31(2)7-9-32;1-2-3/h3-5,10-11,13H,6-9,12H2,1-2H3,(H2,27,28,29,30);2H,1,3H2. The van der Waals surface area contributed by atoms with Crippen molar-refractivity contribution in [3.8, 4) is 0 Å². The zero-order valence-electron chi connectivity index (χ0n) is 20.1. The summed E-state index contributed by atoms with van der Waals surface area (Å²) in [5.41, 5.74) is 6.70. The number of thiophene rings is 1. The van der Waals surface area contributed by atoms with Gasteiger partial charge in [0.25, 0.3) is 0 Å². The number of nitrogens with zero attached hydrogens (tertiary/aromatic N) is 4. The lowest BCUT2D eigenvalue weighted by Crippen LogP contribution is -2.44. The predicted molar refractivity (Wildman–Crippen MR) is 143 cm³/mol. The molecule has 0 unspecified atom stereocenters. The van der Waals surface area contributed by atoms with Crippen molar-refractivity contribution in [2.24, 2.45) is 5.73 Å². The van der Waals surface area contributed by atoms with Crippen LogP contribution in [0.5, 0.6) is 0 Å². The van der Waals surface area contributed by atoms with Crippen LogP contribution in [0.15, 0.2) is 48.6 Å². The highest BCUT2D eigenvalue weighted by atomic mass is 35.5. The molecule has 0 radical (unpaired) electrons. The molecule has 12 heteroatoms. The Kier molecular flexibility index (Phi) is 9.41. The molecule has 4 rings (SSSR count). The van der Waals surface area contributed by atoms with Crippen molar-refractivity contribution in [1.82, 2.24) is 14.9 Å². The zero-order valence-corrected chi connectivity index (χ0v) is 21.6. The smallest absolute Gasteiger partial charge is 0.393 e. The van der Waals surface area contributed by atoms with Crippen molar-refractivity contribution >= 4 is 51.8 Å². The van der Waals surface area contributed by atoms with Gasteiger partial charge in [-0.05, 0) is 55.4 Å². The molecular formula is C24H29ClF3N7S. The van der Waals surface area contributed by atoms with E-state index >= 15 is 0 Å². The third-order valence-electron chi connectivity index (χ3n) is 5.45. The molecule has 194 valence electrons. The van der Waals surface area contributed by atoms with Crippen LogP contribution in [0, 0.1) is 6.92 Å². The number of piperazine rings is 1. The predicted octanol–water partition coefficient (Wildman–Crippen LogP) is 5.93. The maximum Gasteiger partial charge on any atom is 0.393 e. The summed E-state index contributed by atoms with van der Waals surface area (Å²) in [4.78, 5) is 13.9. The zero-order chi connectivity index (χ0) is 26.3. The van der Waals surface area contributed by atoms with Crippen molar-refractivity contribution in [1.29, 1.82) is 0 Å². The van der Waals surface area contributed by atoms with E-state index in [-0.39, 0.29) is 11.5 Å². The third-order valence-corrected chi connectivity index (χ3v) is 6.57. The summed E-state index contributed by atoms with van der Waals surface area (Å²) in [6, 6.07) is 7.00. The molecule has 7 nitrogen and oxygen atoms in total. The molecular weight excluding hydrogens is 511 g/mol. The molecule has 2 aromatic heterocycles. The number of hydrogen-bond acceptors (Lipinski definition) is 8. The first-order chi connectivity index (χ1) is 17.1. The Morgan fingerprint density at radius 1 is 1.17 bits per heavy atom. The van der Waals surface area contributed by atoms with E-state index in [1.54, 1.807) is 23.5 Å². The maximum absolute atomic E-state index is 13.3. The SMILES string of the molecule is C=CN.Cc1sccc1Nc1nc(Nc2ccc(N3CCN(C)CC3)cc2CC(F)(F)F)ncc1Cl. The van der Waals surface area contributed by atoms with Gasteiger partial charge in [-0.25, -0.2) is 4.98 Å². The fourth-order valence-corrected chi connectivity index (χ4v) is 4.40. The van der Waals surface area contributed by atoms with Gasteiger partial charge in [0.15, 0.2) is 5.82 Å². The monoisotopic (exact) mass is 539 g/mol. The van der Waals surface area contributed by atoms with E-state index in [2.05, 4.69) is 42.7 Å². The lowest BCUT2D eigenvalue weighted by atomic mass is 10.1. The number of nitrogens with one attached hydrogen (secondary N) is 2. The van der Waals surface area contributed by atoms with E-state index in [9.17, 15) is 13.2 Å². The van der Waals surface area contributed by atoms with Crippen LogP contribution in [0.1, 0.15) is 10.4 Å². The number of aryl methyl sites for hydroxylation is 1. The number of nitrogens with two attached hydrogens (primary N) is 1. The lowest BCUT2D eigenvalue weighted by Gasteiger charge is -2.34. The van der Waals surface area contributed by atoms with E-state index < -0.39 is 12.6 Å². The number of alkyl halides is 3. The minimum Gasteiger partial charge on any atom is -0.405 e. The second-order valence-electron chi connectivity index (χ2n) is 8.19. The third kappa shape index (κ3) is 7.74. The molecule has 3 aromatic rings. The van der Waals surface area contributed by atoms with Crippen LogP contribution in [-0.2, 0) is 6.42 Å². The van der Waals surface area contributed by atoms with Crippen LogP contribution < -0.4 is 21.3 Å². The second-order valence-corrected chi connectivity index (χ2v) is 9.72. The van der Waals surface area contributed by atoms with Gasteiger partial charge in [-0.3, -0.25) is 0 Å². The summed E-state index contributed by atoms with van der Waals surface area (Å²) < 4.78 is 40.0. The second kappa shape index (κ2) is 12.3. The minimum atomic E-state index is -4.35. The molecule has 0 bridgehead atoms. The molecule has 36 heavy (non-hydrogen) atoms. The summed E-state index contributed by atoms with van der Waals surface area (Å²) >= 11 is 7.81. The van der Waals surface area contributed by atoms with Crippen LogP contribution in [0.2, 0.25) is 5.02 Å². The number of benzene rings is 1. The van der Waals surface area contributed by atoms with Crippen LogP contribution in [0.25, 0.3) is 0 Å². The Hall–Kier alpha value is -3.02. The van der Waals surface area contributed by atoms with Gasteiger partial charge in [0.05, 0.1) is 18.3 Å². The van der Waals surface area contributed by atoms with Crippen molar-refractivity contribution in [3.05, 3.63) is 64.1 Å². The van der Waals surface area contributed by atoms with E-state index in [0.717, 1.165) is 42.4 Å². The fraction of sp³-hybridized carbons (Fsp3) is 0.333. The molecule has 1 aliphatic heterocycles. The number of halogens is 4. The molecule has 1 aliphatic rings. The van der Waals surface area contributed by atoms with Crippen LogP contribution >= 0.6 is 22.9 Å². The van der Waals surface area contributed by atoms with Gasteiger partial charge in [-0.2, -0.15) is 18.2 Å². The fourth-order valence-electron chi connectivity index (χ4n) is 3.60. The van der Waals surface area contributed by atoms with Crippen LogP contribution in [0.3, 0.4) is 0 Å². The summed E-state index contributed by atoms with van der Waals surface area (Å²) in [7, 11) is 2.04. The Labute approximate surface area is 217 Å². The molecule has 0 spiro atoms. The van der Waals surface area contributed by atoms with Gasteiger partial charge in [0.2, 0.25) is 5.95 Å². The highest BCUT2D eigenvalue weighted by molar-refractivity contribution is 7.10. The summed E-state index contributed by atoms with van der Waals surface area (Å²) in [6.07, 6.45) is -2.73. The van der Waals surface area contributed by atoms with E-state index in [1.807, 2.05) is 31.5 Å². The Morgan fingerprint density at radius 3 is 2.47 bits per heavy atom. The Balaban J connectivity index is 0.00000115. The van der Waals surface area contributed by atoms with Gasteiger partial charge in [0, 0.05) is 42.4 Å². The largest absolute Gasteiger partial charge is 0.405 e. The van der Waals surface area contributed by atoms with Gasteiger partial charge >= 0.3 is 6.18 Å². The molecule has 4 N–H and O–H groups in total. The number of likely N-dealkylation sites (N-methyl/N-ethyl adjacent to an activating group) is 1. The molecule has 0 saturated carbocycles. The van der Waals surface area contributed by atoms with Crippen LogP contribution in [-0.4, -0.2) is 54.3 Å². The quantitative estimate of drug-likeness (QED) is 0.358. The van der Waals surface area contributed by atoms with E-state index in [4.69, 9.17) is 11.6 Å². The average Bonchev–Trinajstić information content (AvgIpc) is 3.21. The molecule has 0 atom stereocenters. The van der Waals surface area contributed by atoms with E-state index in [1.165, 1.54) is 12.4 Å². The summed E-state index contributed by atoms with van der Waals surface area (Å²) in [6.45, 7) is 8.38. The molecule has 3 heterocycles. The Morgan fingerprint density at radius 2 is 1.86 bits per heavy atom. The highest BCUT2D eigenvalue weighted by Gasteiger charge is 2.30. The molecule has 1 aromatic carbocycles. The molecule has 0 amide bonds. The summed E-state index contributed by atoms with van der Waals surface area (Å²) in [5.74, 6) is 0.535. The van der Waals surface area contributed by atoms with Crippen molar-refractivity contribution < 1.29 is 13.2 Å². The van der Waals surface area contributed by atoms with Crippen molar-refractivity contribution in [2.45, 2.75) is 19.5 Å². The first-order valence-corrected chi connectivity index (χ1v) is 12.4. The first-order valence-electron chi connectivity index (χ1n) is 11.2. The highest BCUT2D eigenvalue weighted by Crippen LogP contribution is 2.33. The Bertz CT molecular complexity index is 1160.